The molecule has 0 heterocycles. The fourth-order valence-corrected chi connectivity index (χ4v) is 12.6. The number of anilines is 3. The third-order valence-electron chi connectivity index (χ3n) is 16.2. The van der Waals surface area contributed by atoms with Gasteiger partial charge < -0.3 is 4.90 Å². The van der Waals surface area contributed by atoms with Gasteiger partial charge in [-0.15, -0.1) is 0 Å². The Balaban J connectivity index is 0.988. The van der Waals surface area contributed by atoms with Gasteiger partial charge in [-0.1, -0.05) is 181 Å². The lowest BCUT2D eigenvalue weighted by molar-refractivity contribution is 0.435. The van der Waals surface area contributed by atoms with Crippen molar-refractivity contribution in [2.45, 2.75) is 140 Å². The van der Waals surface area contributed by atoms with Crippen LogP contribution in [0.1, 0.15) is 161 Å². The Morgan fingerprint density at radius 1 is 0.354 bits per heavy atom. The fraction of sp³-hybridized carbons (Fsp3) is 0.344. The molecule has 7 aromatic rings. The lowest BCUT2D eigenvalue weighted by Crippen LogP contribution is -2.16. The van der Waals surface area contributed by atoms with E-state index in [4.69, 9.17) is 0 Å². The molecule has 328 valence electrons. The van der Waals surface area contributed by atoms with E-state index >= 15 is 0 Å². The van der Waals surface area contributed by atoms with Crippen LogP contribution in [0.2, 0.25) is 0 Å². The van der Waals surface area contributed by atoms with Crippen LogP contribution in [0.25, 0.3) is 44.5 Å². The van der Waals surface area contributed by atoms with Crippen LogP contribution in [-0.2, 0) is 5.41 Å². The van der Waals surface area contributed by atoms with Crippen LogP contribution in [0.3, 0.4) is 0 Å². The van der Waals surface area contributed by atoms with Gasteiger partial charge in [0.15, 0.2) is 0 Å². The summed E-state index contributed by atoms with van der Waals surface area (Å²) in [4.78, 5) is 2.51. The highest BCUT2D eigenvalue weighted by Crippen LogP contribution is 2.51. The zero-order chi connectivity index (χ0) is 43.9. The summed E-state index contributed by atoms with van der Waals surface area (Å²) in [5.74, 6) is 2.08. The van der Waals surface area contributed by atoms with E-state index in [2.05, 4.69) is 177 Å². The maximum absolute atomic E-state index is 2.63. The van der Waals surface area contributed by atoms with Gasteiger partial charge in [0, 0.05) is 22.5 Å². The number of benzene rings is 7. The molecule has 0 aromatic heterocycles. The van der Waals surface area contributed by atoms with Crippen molar-refractivity contribution < 1.29 is 0 Å². The Labute approximate surface area is 390 Å². The Bertz CT molecular complexity index is 2770. The van der Waals surface area contributed by atoms with Gasteiger partial charge in [0.25, 0.3) is 0 Å². The molecule has 65 heavy (non-hydrogen) atoms. The predicted molar refractivity (Wildman–Crippen MR) is 277 cm³/mol. The van der Waals surface area contributed by atoms with Crippen LogP contribution >= 0.6 is 0 Å². The zero-order valence-electron chi connectivity index (χ0n) is 39.2. The molecule has 11 rings (SSSR count). The Morgan fingerprint density at radius 3 is 1.52 bits per heavy atom. The van der Waals surface area contributed by atoms with E-state index in [9.17, 15) is 0 Å². The van der Waals surface area contributed by atoms with Gasteiger partial charge in [-0.3, -0.25) is 0 Å². The molecule has 4 aliphatic rings. The van der Waals surface area contributed by atoms with Crippen molar-refractivity contribution >= 4 is 17.1 Å². The van der Waals surface area contributed by atoms with Crippen LogP contribution in [0.5, 0.6) is 0 Å². The van der Waals surface area contributed by atoms with Crippen molar-refractivity contribution in [1.29, 1.82) is 0 Å². The molecule has 0 radical (unpaired) electrons. The lowest BCUT2D eigenvalue weighted by atomic mass is 9.78. The van der Waals surface area contributed by atoms with Crippen LogP contribution < -0.4 is 4.90 Å². The SMILES string of the molecule is Cc1cc(-c2cccc(-c3cc(C4CCCCC4)cc(C4CCCCC4)c3)c2)cc(N(c2ccc(-c3cccc(C4CCCCC4)c3)cc2)c2ccc3c(c2)C(C)(C)c2ccccc2-3)c1. The van der Waals surface area contributed by atoms with Crippen LogP contribution in [0, 0.1) is 6.92 Å². The third kappa shape index (κ3) is 8.42. The second kappa shape index (κ2) is 18.0. The van der Waals surface area contributed by atoms with Gasteiger partial charge >= 0.3 is 0 Å². The Kier molecular flexibility index (Phi) is 11.6. The predicted octanol–water partition coefficient (Wildman–Crippen LogP) is 18.9. The summed E-state index contributed by atoms with van der Waals surface area (Å²) in [7, 11) is 0. The molecule has 0 atom stereocenters. The van der Waals surface area contributed by atoms with E-state index in [-0.39, 0.29) is 5.41 Å². The molecule has 7 aromatic carbocycles. The molecule has 0 N–H and O–H groups in total. The minimum absolute atomic E-state index is 0.0931. The molecule has 3 saturated carbocycles. The fourth-order valence-electron chi connectivity index (χ4n) is 12.6. The summed E-state index contributed by atoms with van der Waals surface area (Å²) >= 11 is 0. The molecular weight excluding hydrogens is 783 g/mol. The molecular formula is C64H67N. The summed E-state index contributed by atoms with van der Waals surface area (Å²) in [5.41, 5.74) is 22.8. The van der Waals surface area contributed by atoms with Gasteiger partial charge in [0.2, 0.25) is 0 Å². The van der Waals surface area contributed by atoms with E-state index in [0.29, 0.717) is 17.8 Å². The second-order valence-electron chi connectivity index (χ2n) is 20.9. The summed E-state index contributed by atoms with van der Waals surface area (Å²) in [6.07, 6.45) is 20.3. The topological polar surface area (TPSA) is 3.24 Å². The number of hydrogen-bond acceptors (Lipinski definition) is 1. The van der Waals surface area contributed by atoms with Crippen molar-refractivity contribution in [3.8, 4) is 44.5 Å². The quantitative estimate of drug-likeness (QED) is 0.140. The van der Waals surface area contributed by atoms with Crippen molar-refractivity contribution in [2.75, 3.05) is 4.90 Å². The third-order valence-corrected chi connectivity index (χ3v) is 16.2. The largest absolute Gasteiger partial charge is 0.310 e. The minimum Gasteiger partial charge on any atom is -0.310 e. The Hall–Kier alpha value is -5.66. The number of nitrogens with zero attached hydrogens (tertiary/aromatic N) is 1. The smallest absolute Gasteiger partial charge is 0.0470 e. The average Bonchev–Trinajstić information content (AvgIpc) is 3.60. The number of hydrogen-bond donors (Lipinski definition) is 0. The summed E-state index contributed by atoms with van der Waals surface area (Å²) in [6.45, 7) is 7.05. The van der Waals surface area contributed by atoms with Crippen LogP contribution in [0.4, 0.5) is 17.1 Å². The van der Waals surface area contributed by atoms with Crippen LogP contribution in [-0.4, -0.2) is 0 Å². The number of fused-ring (bicyclic) bond motifs is 3. The van der Waals surface area contributed by atoms with Crippen molar-refractivity contribution in [2.24, 2.45) is 0 Å². The first kappa shape index (κ1) is 42.0. The standard InChI is InChI=1S/C64H67N/c1-44-35-53(51-25-16-26-52(38-51)56-40-54(46-19-9-5-10-20-46)39-55(41-56)47-21-11-6-12-22-47)42-59(36-44)65(58-33-34-61-60-27-13-14-28-62(60)64(2,3)63(61)43-58)57-31-29-48(30-32-57)50-24-15-23-49(37-50)45-17-7-4-8-18-45/h13-16,23-43,45-47H,4-12,17-22H2,1-3H3. The van der Waals surface area contributed by atoms with Gasteiger partial charge in [-0.25, -0.2) is 0 Å². The van der Waals surface area contributed by atoms with Crippen molar-refractivity contribution in [3.63, 3.8) is 0 Å². The molecule has 0 spiro atoms. The van der Waals surface area contributed by atoms with E-state index in [1.165, 1.54) is 180 Å². The minimum atomic E-state index is -0.0931. The summed E-state index contributed by atoms with van der Waals surface area (Å²) in [6, 6.07) is 59.4. The number of aryl methyl sites for hydroxylation is 1. The Morgan fingerprint density at radius 2 is 0.877 bits per heavy atom. The lowest BCUT2D eigenvalue weighted by Gasteiger charge is -2.29. The van der Waals surface area contributed by atoms with Crippen LogP contribution in [0.15, 0.2) is 152 Å². The van der Waals surface area contributed by atoms with E-state index in [0.717, 1.165) is 0 Å². The average molecular weight is 850 g/mol. The molecule has 3 fully saturated rings. The molecule has 0 aliphatic heterocycles. The maximum Gasteiger partial charge on any atom is 0.0470 e. The van der Waals surface area contributed by atoms with Crippen molar-refractivity contribution in [1.82, 2.24) is 0 Å². The summed E-state index contributed by atoms with van der Waals surface area (Å²) in [5, 5.41) is 0. The maximum atomic E-state index is 2.63. The second-order valence-corrected chi connectivity index (χ2v) is 20.9. The molecule has 4 aliphatic carbocycles. The van der Waals surface area contributed by atoms with Crippen molar-refractivity contribution in [3.05, 3.63) is 185 Å². The molecule has 1 heteroatoms. The first-order chi connectivity index (χ1) is 31.9. The molecule has 0 unspecified atom stereocenters. The monoisotopic (exact) mass is 850 g/mol. The highest BCUT2D eigenvalue weighted by Gasteiger charge is 2.36. The normalized spacial score (nSPS) is 17.7. The first-order valence-electron chi connectivity index (χ1n) is 25.5. The van der Waals surface area contributed by atoms with E-state index in [1.807, 2.05) is 0 Å². The van der Waals surface area contributed by atoms with Gasteiger partial charge in [0.1, 0.15) is 0 Å². The molecule has 0 saturated heterocycles. The summed E-state index contributed by atoms with van der Waals surface area (Å²) < 4.78 is 0. The molecule has 0 bridgehead atoms. The molecule has 0 amide bonds. The van der Waals surface area contributed by atoms with E-state index < -0.39 is 0 Å². The highest BCUT2D eigenvalue weighted by molar-refractivity contribution is 5.87. The number of rotatable bonds is 9. The first-order valence-corrected chi connectivity index (χ1v) is 25.5. The van der Waals surface area contributed by atoms with Gasteiger partial charge in [0.05, 0.1) is 0 Å². The zero-order valence-corrected chi connectivity index (χ0v) is 39.2. The highest BCUT2D eigenvalue weighted by atomic mass is 15.1. The van der Waals surface area contributed by atoms with E-state index in [1.54, 1.807) is 11.1 Å². The molecule has 1 nitrogen and oxygen atoms in total. The van der Waals surface area contributed by atoms with Gasteiger partial charge in [-0.05, 0) is 184 Å². The van der Waals surface area contributed by atoms with Gasteiger partial charge in [-0.2, -0.15) is 0 Å².